The molecule has 0 atom stereocenters. The maximum atomic E-state index is 13.7. The van der Waals surface area contributed by atoms with Gasteiger partial charge in [0.05, 0.1) is 11.7 Å². The summed E-state index contributed by atoms with van der Waals surface area (Å²) < 4.78 is 24.1. The Hall–Kier alpha value is -2.21. The fourth-order valence-electron chi connectivity index (χ4n) is 2.62. The van der Waals surface area contributed by atoms with Crippen molar-refractivity contribution in [2.75, 3.05) is 20.2 Å². The summed E-state index contributed by atoms with van der Waals surface area (Å²) in [7, 11) is 1.68. The standard InChI is InChI=1S/C16H17FN2O3/c1-21-11-6-8-19(9-7-11)16(20)14-10-15(22-18-14)12-4-2-3-5-13(12)17/h2-5,10-11H,6-9H2,1H3. The number of ether oxygens (including phenoxy) is 1. The van der Waals surface area contributed by atoms with E-state index in [-0.39, 0.29) is 23.5 Å². The number of aromatic nitrogens is 1. The number of rotatable bonds is 3. The summed E-state index contributed by atoms with van der Waals surface area (Å²) in [6.07, 6.45) is 1.82. The minimum atomic E-state index is -0.404. The minimum Gasteiger partial charge on any atom is -0.381 e. The molecule has 116 valence electrons. The van der Waals surface area contributed by atoms with Gasteiger partial charge in [0, 0.05) is 26.3 Å². The van der Waals surface area contributed by atoms with E-state index in [0.717, 1.165) is 12.8 Å². The Kier molecular flexibility index (Phi) is 4.20. The van der Waals surface area contributed by atoms with Crippen LogP contribution in [-0.4, -0.2) is 42.3 Å². The van der Waals surface area contributed by atoms with Crippen LogP contribution in [0.5, 0.6) is 0 Å². The number of methoxy groups -OCH3 is 1. The number of hydrogen-bond donors (Lipinski definition) is 0. The van der Waals surface area contributed by atoms with Gasteiger partial charge in [-0.3, -0.25) is 4.79 Å². The van der Waals surface area contributed by atoms with E-state index in [1.54, 1.807) is 30.2 Å². The number of nitrogens with zero attached hydrogens (tertiary/aromatic N) is 2. The van der Waals surface area contributed by atoms with Crippen LogP contribution in [0.25, 0.3) is 11.3 Å². The van der Waals surface area contributed by atoms with Gasteiger partial charge in [-0.15, -0.1) is 0 Å². The summed E-state index contributed by atoms with van der Waals surface area (Å²) in [6.45, 7) is 1.25. The summed E-state index contributed by atoms with van der Waals surface area (Å²) >= 11 is 0. The highest BCUT2D eigenvalue weighted by molar-refractivity contribution is 5.93. The molecule has 3 rings (SSSR count). The van der Waals surface area contributed by atoms with Crippen LogP contribution in [-0.2, 0) is 4.74 Å². The number of piperidine rings is 1. The van der Waals surface area contributed by atoms with Gasteiger partial charge in [0.15, 0.2) is 11.5 Å². The van der Waals surface area contributed by atoms with E-state index in [1.807, 2.05) is 0 Å². The number of carbonyl (C=O) groups is 1. The Balaban J connectivity index is 1.74. The molecule has 0 radical (unpaired) electrons. The normalized spacial score (nSPS) is 16.0. The molecule has 1 aliphatic heterocycles. The van der Waals surface area contributed by atoms with E-state index >= 15 is 0 Å². The number of halogens is 1. The van der Waals surface area contributed by atoms with E-state index in [1.165, 1.54) is 12.1 Å². The summed E-state index contributed by atoms with van der Waals surface area (Å²) in [5.41, 5.74) is 0.501. The molecule has 1 aromatic carbocycles. The number of benzene rings is 1. The van der Waals surface area contributed by atoms with Gasteiger partial charge in [-0.1, -0.05) is 17.3 Å². The number of hydrogen-bond acceptors (Lipinski definition) is 4. The van der Waals surface area contributed by atoms with Crippen molar-refractivity contribution in [2.45, 2.75) is 18.9 Å². The molecule has 0 saturated carbocycles. The summed E-state index contributed by atoms with van der Waals surface area (Å²) in [5, 5.41) is 3.78. The lowest BCUT2D eigenvalue weighted by atomic mass is 10.1. The lowest BCUT2D eigenvalue weighted by Crippen LogP contribution is -2.40. The highest BCUT2D eigenvalue weighted by atomic mass is 19.1. The first-order chi connectivity index (χ1) is 10.7. The van der Waals surface area contributed by atoms with Gasteiger partial charge in [0.25, 0.3) is 5.91 Å². The average molecular weight is 304 g/mol. The average Bonchev–Trinajstić information content (AvgIpc) is 3.04. The molecule has 0 bridgehead atoms. The van der Waals surface area contributed by atoms with E-state index in [9.17, 15) is 9.18 Å². The van der Waals surface area contributed by atoms with Crippen LogP contribution in [0, 0.1) is 5.82 Å². The van der Waals surface area contributed by atoms with Crippen molar-refractivity contribution in [2.24, 2.45) is 0 Å². The number of amides is 1. The quantitative estimate of drug-likeness (QED) is 0.875. The first-order valence-electron chi connectivity index (χ1n) is 7.22. The van der Waals surface area contributed by atoms with Crippen molar-refractivity contribution in [3.63, 3.8) is 0 Å². The third kappa shape index (κ3) is 2.87. The molecule has 2 heterocycles. The molecule has 5 nitrogen and oxygen atoms in total. The van der Waals surface area contributed by atoms with Gasteiger partial charge in [0.2, 0.25) is 0 Å². The third-order valence-electron chi connectivity index (χ3n) is 3.93. The van der Waals surface area contributed by atoms with E-state index in [4.69, 9.17) is 9.26 Å². The lowest BCUT2D eigenvalue weighted by Gasteiger charge is -2.30. The maximum absolute atomic E-state index is 13.7. The van der Waals surface area contributed by atoms with Gasteiger partial charge in [-0.05, 0) is 25.0 Å². The second-order valence-electron chi connectivity index (χ2n) is 5.28. The van der Waals surface area contributed by atoms with Crippen LogP contribution < -0.4 is 0 Å². The molecule has 6 heteroatoms. The summed E-state index contributed by atoms with van der Waals surface area (Å²) in [5.74, 6) is -0.340. The highest BCUT2D eigenvalue weighted by Gasteiger charge is 2.26. The molecular weight excluding hydrogens is 287 g/mol. The Morgan fingerprint density at radius 1 is 1.36 bits per heavy atom. The summed E-state index contributed by atoms with van der Waals surface area (Å²) in [4.78, 5) is 14.1. The van der Waals surface area contributed by atoms with Gasteiger partial charge in [-0.2, -0.15) is 0 Å². The molecule has 1 amide bonds. The summed E-state index contributed by atoms with van der Waals surface area (Å²) in [6, 6.07) is 7.73. The zero-order valence-corrected chi connectivity index (χ0v) is 12.3. The third-order valence-corrected chi connectivity index (χ3v) is 3.93. The molecule has 0 aliphatic carbocycles. The highest BCUT2D eigenvalue weighted by Crippen LogP contribution is 2.24. The van der Waals surface area contributed by atoms with Gasteiger partial charge in [0.1, 0.15) is 5.82 Å². The molecule has 1 fully saturated rings. The van der Waals surface area contributed by atoms with Crippen molar-refractivity contribution < 1.29 is 18.4 Å². The second kappa shape index (κ2) is 6.27. The predicted molar refractivity (Wildman–Crippen MR) is 77.8 cm³/mol. The van der Waals surface area contributed by atoms with Crippen LogP contribution >= 0.6 is 0 Å². The maximum Gasteiger partial charge on any atom is 0.276 e. The molecule has 0 unspecified atom stereocenters. The molecule has 2 aromatic rings. The zero-order chi connectivity index (χ0) is 15.5. The smallest absolute Gasteiger partial charge is 0.276 e. The van der Waals surface area contributed by atoms with Gasteiger partial charge >= 0.3 is 0 Å². The number of likely N-dealkylation sites (tertiary alicyclic amines) is 1. The Bertz CT molecular complexity index is 663. The van der Waals surface area contributed by atoms with Crippen molar-refractivity contribution in [3.8, 4) is 11.3 Å². The van der Waals surface area contributed by atoms with E-state index in [0.29, 0.717) is 18.7 Å². The van der Waals surface area contributed by atoms with Crippen LogP contribution in [0.2, 0.25) is 0 Å². The second-order valence-corrected chi connectivity index (χ2v) is 5.28. The monoisotopic (exact) mass is 304 g/mol. The molecule has 22 heavy (non-hydrogen) atoms. The largest absolute Gasteiger partial charge is 0.381 e. The van der Waals surface area contributed by atoms with Crippen molar-refractivity contribution in [1.82, 2.24) is 10.1 Å². The minimum absolute atomic E-state index is 0.194. The molecular formula is C16H17FN2O3. The predicted octanol–water partition coefficient (Wildman–Crippen LogP) is 2.73. The van der Waals surface area contributed by atoms with Crippen molar-refractivity contribution in [1.29, 1.82) is 0 Å². The molecule has 0 N–H and O–H groups in total. The Morgan fingerprint density at radius 2 is 2.09 bits per heavy atom. The van der Waals surface area contributed by atoms with Crippen molar-refractivity contribution >= 4 is 5.91 Å². The molecule has 1 saturated heterocycles. The first-order valence-corrected chi connectivity index (χ1v) is 7.22. The van der Waals surface area contributed by atoms with Gasteiger partial charge < -0.3 is 14.2 Å². The first kappa shape index (κ1) is 14.7. The number of carbonyl (C=O) groups excluding carboxylic acids is 1. The van der Waals surface area contributed by atoms with Crippen molar-refractivity contribution in [3.05, 3.63) is 41.8 Å². The topological polar surface area (TPSA) is 55.6 Å². The Morgan fingerprint density at radius 3 is 2.77 bits per heavy atom. The lowest BCUT2D eigenvalue weighted by molar-refractivity contribution is 0.0345. The molecule has 1 aromatic heterocycles. The molecule has 0 spiro atoms. The fourth-order valence-corrected chi connectivity index (χ4v) is 2.62. The zero-order valence-electron chi connectivity index (χ0n) is 12.3. The van der Waals surface area contributed by atoms with Crippen LogP contribution in [0.3, 0.4) is 0 Å². The molecule has 1 aliphatic rings. The van der Waals surface area contributed by atoms with E-state index in [2.05, 4.69) is 5.16 Å². The van der Waals surface area contributed by atoms with Crippen LogP contribution in [0.15, 0.2) is 34.9 Å². The van der Waals surface area contributed by atoms with Crippen LogP contribution in [0.1, 0.15) is 23.3 Å². The SMILES string of the molecule is COC1CCN(C(=O)c2cc(-c3ccccc3F)on2)CC1. The fraction of sp³-hybridized carbons (Fsp3) is 0.375. The Labute approximate surface area is 127 Å². The van der Waals surface area contributed by atoms with Crippen LogP contribution in [0.4, 0.5) is 4.39 Å². The van der Waals surface area contributed by atoms with Gasteiger partial charge in [-0.25, -0.2) is 4.39 Å². The van der Waals surface area contributed by atoms with E-state index < -0.39 is 5.82 Å².